The Morgan fingerprint density at radius 3 is 2.65 bits per heavy atom. The summed E-state index contributed by atoms with van der Waals surface area (Å²) in [6.07, 6.45) is 0.830. The molecule has 0 N–H and O–H groups in total. The second-order valence-electron chi connectivity index (χ2n) is 4.63. The number of rotatable bonds is 1. The summed E-state index contributed by atoms with van der Waals surface area (Å²) in [6.45, 7) is 1.31. The fourth-order valence-corrected chi connectivity index (χ4v) is 2.55. The molecule has 0 radical (unpaired) electrons. The van der Waals surface area contributed by atoms with E-state index in [9.17, 15) is 4.79 Å². The van der Waals surface area contributed by atoms with E-state index >= 15 is 0 Å². The van der Waals surface area contributed by atoms with Crippen molar-refractivity contribution in [3.05, 3.63) is 58.6 Å². The summed E-state index contributed by atoms with van der Waals surface area (Å²) >= 11 is 3.38. The van der Waals surface area contributed by atoms with E-state index in [1.54, 1.807) is 4.90 Å². The van der Waals surface area contributed by atoms with Crippen LogP contribution in [-0.2, 0) is 0 Å². The minimum atomic E-state index is 0.00968. The number of amides is 1. The molecule has 102 valence electrons. The van der Waals surface area contributed by atoms with Crippen LogP contribution in [-0.4, -0.2) is 19.1 Å². The van der Waals surface area contributed by atoms with Crippen molar-refractivity contribution in [3.8, 4) is 5.75 Å². The molecule has 3 nitrogen and oxygen atoms in total. The van der Waals surface area contributed by atoms with Crippen LogP contribution in [0.4, 0.5) is 5.69 Å². The number of hydrogen-bond donors (Lipinski definition) is 0. The van der Waals surface area contributed by atoms with Crippen molar-refractivity contribution in [1.29, 1.82) is 0 Å². The smallest absolute Gasteiger partial charge is 0.258 e. The molecule has 0 aromatic heterocycles. The molecule has 0 atom stereocenters. The van der Waals surface area contributed by atoms with Crippen LogP contribution < -0.4 is 9.64 Å². The van der Waals surface area contributed by atoms with Gasteiger partial charge in [-0.3, -0.25) is 4.79 Å². The number of halogens is 1. The molecule has 1 aliphatic rings. The number of benzene rings is 2. The van der Waals surface area contributed by atoms with Gasteiger partial charge >= 0.3 is 0 Å². The van der Waals surface area contributed by atoms with Crippen molar-refractivity contribution in [2.45, 2.75) is 6.42 Å². The third-order valence-corrected chi connectivity index (χ3v) is 3.80. The number of carbonyl (C=O) groups is 1. The molecule has 0 saturated carbocycles. The van der Waals surface area contributed by atoms with E-state index in [-0.39, 0.29) is 5.91 Å². The van der Waals surface area contributed by atoms with Gasteiger partial charge in [-0.1, -0.05) is 28.1 Å². The summed E-state index contributed by atoms with van der Waals surface area (Å²) in [4.78, 5) is 14.5. The Labute approximate surface area is 126 Å². The molecule has 1 heterocycles. The minimum Gasteiger partial charge on any atom is -0.491 e. The zero-order valence-electron chi connectivity index (χ0n) is 10.9. The molecule has 2 aromatic carbocycles. The number of nitrogens with zero attached hydrogens (tertiary/aromatic N) is 1. The highest BCUT2D eigenvalue weighted by Crippen LogP contribution is 2.31. The monoisotopic (exact) mass is 331 g/mol. The zero-order valence-corrected chi connectivity index (χ0v) is 12.5. The molecule has 1 aliphatic heterocycles. The number of anilines is 1. The maximum atomic E-state index is 12.7. The number of ether oxygens (including phenoxy) is 1. The highest BCUT2D eigenvalue weighted by Gasteiger charge is 2.22. The Hall–Kier alpha value is -1.81. The number of para-hydroxylation sites is 2. The summed E-state index contributed by atoms with van der Waals surface area (Å²) < 4.78 is 6.65. The largest absolute Gasteiger partial charge is 0.491 e. The van der Waals surface area contributed by atoms with Gasteiger partial charge in [0, 0.05) is 16.6 Å². The Balaban J connectivity index is 1.97. The molecule has 1 amide bonds. The molecule has 0 unspecified atom stereocenters. The highest BCUT2D eigenvalue weighted by molar-refractivity contribution is 9.10. The van der Waals surface area contributed by atoms with E-state index in [2.05, 4.69) is 15.9 Å². The Bertz CT molecular complexity index is 625. The number of carbonyl (C=O) groups excluding carboxylic acids is 1. The lowest BCUT2D eigenvalue weighted by molar-refractivity contribution is 0.0987. The maximum absolute atomic E-state index is 12.7. The van der Waals surface area contributed by atoms with Gasteiger partial charge in [0.1, 0.15) is 5.75 Å². The van der Waals surface area contributed by atoms with Crippen molar-refractivity contribution >= 4 is 27.5 Å². The standard InChI is InChI=1S/C16H14BrNO2/c17-13-8-6-12(7-9-13)16(19)18-10-3-11-20-15-5-2-1-4-14(15)18/h1-2,4-9H,3,10-11H2. The SMILES string of the molecule is O=C(c1ccc(Br)cc1)N1CCCOc2ccccc21. The van der Waals surface area contributed by atoms with Gasteiger partial charge in [-0.15, -0.1) is 0 Å². The van der Waals surface area contributed by atoms with Crippen LogP contribution in [0.15, 0.2) is 53.0 Å². The lowest BCUT2D eigenvalue weighted by atomic mass is 10.1. The van der Waals surface area contributed by atoms with Gasteiger partial charge in [0.15, 0.2) is 0 Å². The van der Waals surface area contributed by atoms with E-state index in [1.165, 1.54) is 0 Å². The Kier molecular flexibility index (Phi) is 3.74. The van der Waals surface area contributed by atoms with E-state index in [4.69, 9.17) is 4.74 Å². The van der Waals surface area contributed by atoms with E-state index in [0.717, 1.165) is 22.3 Å². The molecule has 4 heteroatoms. The third kappa shape index (κ3) is 2.56. The van der Waals surface area contributed by atoms with Crippen LogP contribution >= 0.6 is 15.9 Å². The maximum Gasteiger partial charge on any atom is 0.258 e. The molecule has 3 rings (SSSR count). The molecule has 0 bridgehead atoms. The highest BCUT2D eigenvalue weighted by atomic mass is 79.9. The molecule has 0 fully saturated rings. The van der Waals surface area contributed by atoms with Gasteiger partial charge in [-0.25, -0.2) is 0 Å². The topological polar surface area (TPSA) is 29.5 Å². The van der Waals surface area contributed by atoms with Gasteiger partial charge in [0.05, 0.1) is 12.3 Å². The second kappa shape index (κ2) is 5.67. The summed E-state index contributed by atoms with van der Waals surface area (Å²) in [6, 6.07) is 15.1. The first kappa shape index (κ1) is 13.2. The average molecular weight is 332 g/mol. The van der Waals surface area contributed by atoms with Gasteiger partial charge < -0.3 is 9.64 Å². The van der Waals surface area contributed by atoms with E-state index in [0.29, 0.717) is 18.7 Å². The van der Waals surface area contributed by atoms with Crippen LogP contribution in [0.3, 0.4) is 0 Å². The van der Waals surface area contributed by atoms with Crippen molar-refractivity contribution in [3.63, 3.8) is 0 Å². The normalized spacial score (nSPS) is 14.2. The molecular formula is C16H14BrNO2. The first-order valence-electron chi connectivity index (χ1n) is 6.55. The van der Waals surface area contributed by atoms with Crippen LogP contribution in [0.5, 0.6) is 5.75 Å². The molecule has 2 aromatic rings. The van der Waals surface area contributed by atoms with Gasteiger partial charge in [-0.05, 0) is 42.8 Å². The molecule has 20 heavy (non-hydrogen) atoms. The van der Waals surface area contributed by atoms with Crippen molar-refractivity contribution in [2.24, 2.45) is 0 Å². The third-order valence-electron chi connectivity index (χ3n) is 3.28. The van der Waals surface area contributed by atoms with Gasteiger partial charge in [0.2, 0.25) is 0 Å². The molecule has 0 saturated heterocycles. The minimum absolute atomic E-state index is 0.00968. The summed E-state index contributed by atoms with van der Waals surface area (Å²) in [5.74, 6) is 0.783. The quantitative estimate of drug-likeness (QED) is 0.793. The van der Waals surface area contributed by atoms with Crippen molar-refractivity contribution in [1.82, 2.24) is 0 Å². The number of hydrogen-bond acceptors (Lipinski definition) is 2. The van der Waals surface area contributed by atoms with E-state index < -0.39 is 0 Å². The Morgan fingerprint density at radius 1 is 1.10 bits per heavy atom. The molecule has 0 spiro atoms. The predicted molar refractivity (Wildman–Crippen MR) is 82.4 cm³/mol. The van der Waals surface area contributed by atoms with Crippen LogP contribution in [0, 0.1) is 0 Å². The number of fused-ring (bicyclic) bond motifs is 1. The zero-order chi connectivity index (χ0) is 13.9. The molecular weight excluding hydrogens is 318 g/mol. The molecule has 0 aliphatic carbocycles. The fraction of sp³-hybridized carbons (Fsp3) is 0.188. The van der Waals surface area contributed by atoms with Crippen LogP contribution in [0.2, 0.25) is 0 Å². The lowest BCUT2D eigenvalue weighted by Gasteiger charge is -2.21. The summed E-state index contributed by atoms with van der Waals surface area (Å²) in [7, 11) is 0. The van der Waals surface area contributed by atoms with Gasteiger partial charge in [-0.2, -0.15) is 0 Å². The predicted octanol–water partition coefficient (Wildman–Crippen LogP) is 3.88. The van der Waals surface area contributed by atoms with E-state index in [1.807, 2.05) is 48.5 Å². The van der Waals surface area contributed by atoms with Crippen LogP contribution in [0.25, 0.3) is 0 Å². The van der Waals surface area contributed by atoms with Crippen molar-refractivity contribution in [2.75, 3.05) is 18.1 Å². The lowest BCUT2D eigenvalue weighted by Crippen LogP contribution is -2.31. The van der Waals surface area contributed by atoms with Crippen molar-refractivity contribution < 1.29 is 9.53 Å². The fourth-order valence-electron chi connectivity index (χ4n) is 2.29. The van der Waals surface area contributed by atoms with Gasteiger partial charge in [0.25, 0.3) is 5.91 Å². The van der Waals surface area contributed by atoms with Crippen LogP contribution in [0.1, 0.15) is 16.8 Å². The summed E-state index contributed by atoms with van der Waals surface area (Å²) in [5, 5.41) is 0. The first-order valence-corrected chi connectivity index (χ1v) is 7.34. The average Bonchev–Trinajstić information content (AvgIpc) is 2.69. The second-order valence-corrected chi connectivity index (χ2v) is 5.55. The summed E-state index contributed by atoms with van der Waals surface area (Å²) in [5.41, 5.74) is 1.53. The Morgan fingerprint density at radius 2 is 1.85 bits per heavy atom. The first-order chi connectivity index (χ1) is 9.75.